The average Bonchev–Trinajstić information content (AvgIpc) is 3.15. The Bertz CT molecular complexity index is 766. The van der Waals surface area contributed by atoms with Gasteiger partial charge in [0, 0.05) is 24.7 Å². The Balaban J connectivity index is 1.60. The van der Waals surface area contributed by atoms with Crippen LogP contribution in [0.3, 0.4) is 0 Å². The van der Waals surface area contributed by atoms with E-state index in [0.717, 1.165) is 11.3 Å². The van der Waals surface area contributed by atoms with Crippen LogP contribution < -0.4 is 4.74 Å². The molecule has 6 heteroatoms. The lowest BCUT2D eigenvalue weighted by Crippen LogP contribution is -2.06. The van der Waals surface area contributed by atoms with Crippen molar-refractivity contribution in [1.29, 1.82) is 0 Å². The third-order valence-electron chi connectivity index (χ3n) is 3.26. The first-order chi connectivity index (χ1) is 11.3. The van der Waals surface area contributed by atoms with Gasteiger partial charge in [-0.15, -0.1) is 0 Å². The van der Waals surface area contributed by atoms with E-state index in [4.69, 9.17) is 9.47 Å². The minimum atomic E-state index is -0.420. The lowest BCUT2D eigenvalue weighted by molar-refractivity contribution is 0.0472. The molecule has 0 bridgehead atoms. The van der Waals surface area contributed by atoms with Gasteiger partial charge in [-0.2, -0.15) is 5.10 Å². The van der Waals surface area contributed by atoms with E-state index in [0.29, 0.717) is 11.4 Å². The summed E-state index contributed by atoms with van der Waals surface area (Å²) in [5.41, 5.74) is 2.24. The summed E-state index contributed by atoms with van der Waals surface area (Å²) in [6, 6.07) is 12.7. The molecule has 23 heavy (non-hydrogen) atoms. The van der Waals surface area contributed by atoms with Crippen LogP contribution in [0.2, 0.25) is 0 Å². The first-order valence-corrected chi connectivity index (χ1v) is 7.02. The molecule has 1 aromatic carbocycles. The highest BCUT2D eigenvalue weighted by Crippen LogP contribution is 2.12. The zero-order valence-electron chi connectivity index (χ0n) is 12.5. The molecule has 0 fully saturated rings. The topological polar surface area (TPSA) is 66.2 Å². The van der Waals surface area contributed by atoms with Gasteiger partial charge in [0.25, 0.3) is 0 Å². The number of pyridine rings is 1. The first-order valence-electron chi connectivity index (χ1n) is 7.02. The van der Waals surface area contributed by atoms with Crippen LogP contribution in [-0.2, 0) is 11.3 Å². The predicted octanol–water partition coefficient (Wildman–Crippen LogP) is 2.63. The standard InChI is InChI=1S/C17H15N3O3/c1-22-16-8-5-14(11-18-16)17(21)23-12-13-3-6-15(7-4-13)20-10-2-9-19-20/h2-11H,12H2,1H3. The van der Waals surface area contributed by atoms with Gasteiger partial charge in [-0.3, -0.25) is 0 Å². The highest BCUT2D eigenvalue weighted by molar-refractivity contribution is 5.89. The Kier molecular flexibility index (Phi) is 4.33. The molecular weight excluding hydrogens is 294 g/mol. The van der Waals surface area contributed by atoms with E-state index >= 15 is 0 Å². The first kappa shape index (κ1) is 14.8. The number of carbonyl (C=O) groups excluding carboxylic acids is 1. The van der Waals surface area contributed by atoms with Crippen molar-refractivity contribution < 1.29 is 14.3 Å². The van der Waals surface area contributed by atoms with Gasteiger partial charge in [-0.05, 0) is 29.8 Å². The highest BCUT2D eigenvalue weighted by atomic mass is 16.5. The second-order valence-corrected chi connectivity index (χ2v) is 4.78. The van der Waals surface area contributed by atoms with Crippen molar-refractivity contribution in [3.8, 4) is 11.6 Å². The maximum absolute atomic E-state index is 12.0. The number of hydrogen-bond donors (Lipinski definition) is 0. The van der Waals surface area contributed by atoms with Crippen molar-refractivity contribution in [1.82, 2.24) is 14.8 Å². The fourth-order valence-corrected chi connectivity index (χ4v) is 2.02. The molecule has 2 heterocycles. The Morgan fingerprint density at radius 1 is 1.17 bits per heavy atom. The van der Waals surface area contributed by atoms with Crippen LogP contribution in [0.4, 0.5) is 0 Å². The summed E-state index contributed by atoms with van der Waals surface area (Å²) < 4.78 is 12.0. The fraction of sp³-hybridized carbons (Fsp3) is 0.118. The molecule has 0 saturated heterocycles. The monoisotopic (exact) mass is 309 g/mol. The summed E-state index contributed by atoms with van der Waals surface area (Å²) in [5, 5.41) is 4.16. The van der Waals surface area contributed by atoms with Gasteiger partial charge < -0.3 is 9.47 Å². The summed E-state index contributed by atoms with van der Waals surface area (Å²) in [6.45, 7) is 0.199. The zero-order chi connectivity index (χ0) is 16.1. The molecular formula is C17H15N3O3. The molecule has 3 aromatic rings. The summed E-state index contributed by atoms with van der Waals surface area (Å²) in [4.78, 5) is 15.9. The number of ether oxygens (including phenoxy) is 2. The van der Waals surface area contributed by atoms with Crippen molar-refractivity contribution >= 4 is 5.97 Å². The van der Waals surface area contributed by atoms with Gasteiger partial charge in [-0.1, -0.05) is 12.1 Å². The molecule has 3 rings (SSSR count). The van der Waals surface area contributed by atoms with Crippen LogP contribution in [0, 0.1) is 0 Å². The Labute approximate surface area is 133 Å². The van der Waals surface area contributed by atoms with E-state index in [2.05, 4.69) is 10.1 Å². The third kappa shape index (κ3) is 3.55. The normalized spacial score (nSPS) is 10.3. The van der Waals surface area contributed by atoms with E-state index in [1.807, 2.05) is 36.5 Å². The molecule has 0 spiro atoms. The Morgan fingerprint density at radius 2 is 2.00 bits per heavy atom. The molecule has 0 atom stereocenters. The molecule has 116 valence electrons. The summed E-state index contributed by atoms with van der Waals surface area (Å²) in [6.07, 6.45) is 5.02. The van der Waals surface area contributed by atoms with E-state index in [-0.39, 0.29) is 6.61 Å². The number of methoxy groups -OCH3 is 1. The second-order valence-electron chi connectivity index (χ2n) is 4.78. The largest absolute Gasteiger partial charge is 0.481 e. The maximum atomic E-state index is 12.0. The Hall–Kier alpha value is -3.15. The van der Waals surface area contributed by atoms with Crippen molar-refractivity contribution in [2.75, 3.05) is 7.11 Å². The lowest BCUT2D eigenvalue weighted by Gasteiger charge is -2.07. The van der Waals surface area contributed by atoms with E-state index in [1.54, 1.807) is 23.0 Å². The quantitative estimate of drug-likeness (QED) is 0.678. The number of carbonyl (C=O) groups is 1. The molecule has 0 N–H and O–H groups in total. The summed E-state index contributed by atoms with van der Waals surface area (Å²) in [5.74, 6) is 0.0343. The minimum absolute atomic E-state index is 0.199. The van der Waals surface area contributed by atoms with Crippen LogP contribution in [0.15, 0.2) is 61.1 Å². The van der Waals surface area contributed by atoms with Gasteiger partial charge in [0.15, 0.2) is 0 Å². The number of rotatable bonds is 5. The van der Waals surface area contributed by atoms with Crippen LogP contribution in [0.25, 0.3) is 5.69 Å². The molecule has 0 saturated carbocycles. The maximum Gasteiger partial charge on any atom is 0.340 e. The predicted molar refractivity (Wildman–Crippen MR) is 83.5 cm³/mol. The van der Waals surface area contributed by atoms with Gasteiger partial charge in [0.2, 0.25) is 5.88 Å². The molecule has 0 unspecified atom stereocenters. The molecule has 0 aliphatic rings. The third-order valence-corrected chi connectivity index (χ3v) is 3.26. The van der Waals surface area contributed by atoms with E-state index in [9.17, 15) is 4.79 Å². The number of hydrogen-bond acceptors (Lipinski definition) is 5. The van der Waals surface area contributed by atoms with Crippen molar-refractivity contribution in [3.63, 3.8) is 0 Å². The average molecular weight is 309 g/mol. The van der Waals surface area contributed by atoms with Gasteiger partial charge in [-0.25, -0.2) is 14.5 Å². The second kappa shape index (κ2) is 6.74. The SMILES string of the molecule is COc1ccc(C(=O)OCc2ccc(-n3cccn3)cc2)cn1. The van der Waals surface area contributed by atoms with Crippen LogP contribution in [0.1, 0.15) is 15.9 Å². The molecule has 6 nitrogen and oxygen atoms in total. The number of benzene rings is 1. The molecule has 0 aliphatic heterocycles. The van der Waals surface area contributed by atoms with E-state index in [1.165, 1.54) is 13.3 Å². The molecule has 0 aliphatic carbocycles. The number of esters is 1. The fourth-order valence-electron chi connectivity index (χ4n) is 2.02. The van der Waals surface area contributed by atoms with Crippen molar-refractivity contribution in [2.24, 2.45) is 0 Å². The smallest absolute Gasteiger partial charge is 0.340 e. The highest BCUT2D eigenvalue weighted by Gasteiger charge is 2.08. The molecule has 2 aromatic heterocycles. The minimum Gasteiger partial charge on any atom is -0.481 e. The molecule has 0 radical (unpaired) electrons. The summed E-state index contributed by atoms with van der Waals surface area (Å²) in [7, 11) is 1.52. The Morgan fingerprint density at radius 3 is 2.61 bits per heavy atom. The van der Waals surface area contributed by atoms with Crippen molar-refractivity contribution in [2.45, 2.75) is 6.61 Å². The van der Waals surface area contributed by atoms with Gasteiger partial charge in [0.1, 0.15) is 6.61 Å². The number of nitrogens with zero attached hydrogens (tertiary/aromatic N) is 3. The lowest BCUT2D eigenvalue weighted by atomic mass is 10.2. The van der Waals surface area contributed by atoms with Gasteiger partial charge >= 0.3 is 5.97 Å². The van der Waals surface area contributed by atoms with Crippen LogP contribution >= 0.6 is 0 Å². The van der Waals surface area contributed by atoms with Crippen LogP contribution in [0.5, 0.6) is 5.88 Å². The summed E-state index contributed by atoms with van der Waals surface area (Å²) >= 11 is 0. The number of aromatic nitrogens is 3. The van der Waals surface area contributed by atoms with Gasteiger partial charge in [0.05, 0.1) is 18.4 Å². The van der Waals surface area contributed by atoms with E-state index < -0.39 is 5.97 Å². The van der Waals surface area contributed by atoms with Crippen molar-refractivity contribution in [3.05, 3.63) is 72.2 Å². The molecule has 0 amide bonds. The van der Waals surface area contributed by atoms with Crippen LogP contribution in [-0.4, -0.2) is 27.8 Å². The zero-order valence-corrected chi connectivity index (χ0v) is 12.5.